The van der Waals surface area contributed by atoms with E-state index in [1.807, 2.05) is 0 Å². The maximum atomic E-state index is 3.54. The Hall–Kier alpha value is -0.0400. The molecule has 1 aliphatic carbocycles. The number of hydrogen-bond donors (Lipinski definition) is 1. The molecule has 1 N–H and O–H groups in total. The van der Waals surface area contributed by atoms with Crippen molar-refractivity contribution in [1.82, 2.24) is 5.32 Å². The van der Waals surface area contributed by atoms with Crippen molar-refractivity contribution in [2.24, 2.45) is 11.8 Å². The molecule has 0 aliphatic heterocycles. The first kappa shape index (κ1) is 10.0. The van der Waals surface area contributed by atoms with Crippen molar-refractivity contribution in [3.63, 3.8) is 0 Å². The summed E-state index contributed by atoms with van der Waals surface area (Å²) >= 11 is 0. The molecular weight excluding hydrogens is 146 g/mol. The lowest BCUT2D eigenvalue weighted by Gasteiger charge is -2.41. The highest BCUT2D eigenvalue weighted by atomic mass is 14.9. The molecule has 1 rings (SSSR count). The maximum Gasteiger partial charge on any atom is 0.00695 e. The van der Waals surface area contributed by atoms with E-state index in [-0.39, 0.29) is 0 Å². The van der Waals surface area contributed by atoms with Crippen LogP contribution in [0.5, 0.6) is 0 Å². The summed E-state index contributed by atoms with van der Waals surface area (Å²) in [5.41, 5.74) is 0. The van der Waals surface area contributed by atoms with E-state index in [4.69, 9.17) is 0 Å². The zero-order valence-corrected chi connectivity index (χ0v) is 8.77. The van der Waals surface area contributed by atoms with E-state index in [1.54, 1.807) is 0 Å². The maximum absolute atomic E-state index is 3.54. The summed E-state index contributed by atoms with van der Waals surface area (Å²) in [6, 6.07) is 0.750. The summed E-state index contributed by atoms with van der Waals surface area (Å²) in [5, 5.41) is 3.54. The van der Waals surface area contributed by atoms with Crippen LogP contribution >= 0.6 is 0 Å². The highest BCUT2D eigenvalue weighted by molar-refractivity contribution is 4.86. The van der Waals surface area contributed by atoms with Gasteiger partial charge in [-0.1, -0.05) is 26.7 Å². The van der Waals surface area contributed by atoms with Crippen LogP contribution in [-0.4, -0.2) is 12.6 Å². The highest BCUT2D eigenvalue weighted by Gasteiger charge is 2.33. The van der Waals surface area contributed by atoms with Crippen LogP contribution in [0.25, 0.3) is 0 Å². The Kier molecular flexibility index (Phi) is 4.07. The molecule has 0 aromatic heterocycles. The SMILES string of the molecule is CCCC1CCC1C(C)NCC. The monoisotopic (exact) mass is 169 g/mol. The van der Waals surface area contributed by atoms with Crippen LogP contribution in [0, 0.1) is 11.8 Å². The summed E-state index contributed by atoms with van der Waals surface area (Å²) in [7, 11) is 0. The molecule has 12 heavy (non-hydrogen) atoms. The van der Waals surface area contributed by atoms with Gasteiger partial charge >= 0.3 is 0 Å². The van der Waals surface area contributed by atoms with E-state index in [2.05, 4.69) is 26.1 Å². The van der Waals surface area contributed by atoms with Gasteiger partial charge in [0.2, 0.25) is 0 Å². The van der Waals surface area contributed by atoms with Crippen molar-refractivity contribution < 1.29 is 0 Å². The van der Waals surface area contributed by atoms with Crippen molar-refractivity contribution in [2.45, 2.75) is 52.5 Å². The van der Waals surface area contributed by atoms with Crippen LogP contribution in [0.4, 0.5) is 0 Å². The van der Waals surface area contributed by atoms with Gasteiger partial charge in [-0.25, -0.2) is 0 Å². The molecule has 72 valence electrons. The third-order valence-corrected chi connectivity index (χ3v) is 3.30. The largest absolute Gasteiger partial charge is 0.314 e. The number of hydrogen-bond acceptors (Lipinski definition) is 1. The summed E-state index contributed by atoms with van der Waals surface area (Å²) < 4.78 is 0. The number of rotatable bonds is 5. The Morgan fingerprint density at radius 2 is 2.08 bits per heavy atom. The first-order valence-electron chi connectivity index (χ1n) is 5.53. The van der Waals surface area contributed by atoms with Crippen LogP contribution in [-0.2, 0) is 0 Å². The predicted molar refractivity (Wildman–Crippen MR) is 54.3 cm³/mol. The molecule has 1 aliphatic rings. The minimum Gasteiger partial charge on any atom is -0.314 e. The van der Waals surface area contributed by atoms with Crippen molar-refractivity contribution >= 4 is 0 Å². The second kappa shape index (κ2) is 4.86. The van der Waals surface area contributed by atoms with E-state index in [1.165, 1.54) is 25.7 Å². The standard InChI is InChI=1S/C11H23N/c1-4-6-10-7-8-11(10)9(3)12-5-2/h9-12H,4-8H2,1-3H3. The Bertz CT molecular complexity index is 114. The molecule has 1 saturated carbocycles. The van der Waals surface area contributed by atoms with Crippen molar-refractivity contribution in [1.29, 1.82) is 0 Å². The van der Waals surface area contributed by atoms with E-state index in [0.29, 0.717) is 0 Å². The smallest absolute Gasteiger partial charge is 0.00695 e. The van der Waals surface area contributed by atoms with Crippen molar-refractivity contribution in [3.05, 3.63) is 0 Å². The molecule has 0 bridgehead atoms. The molecule has 1 nitrogen and oxygen atoms in total. The topological polar surface area (TPSA) is 12.0 Å². The molecule has 0 saturated heterocycles. The van der Waals surface area contributed by atoms with Crippen molar-refractivity contribution in [2.75, 3.05) is 6.54 Å². The summed E-state index contributed by atoms with van der Waals surface area (Å²) in [6.07, 6.45) is 5.74. The molecule has 0 radical (unpaired) electrons. The van der Waals surface area contributed by atoms with E-state index in [0.717, 1.165) is 24.4 Å². The van der Waals surface area contributed by atoms with Gasteiger partial charge in [0.15, 0.2) is 0 Å². The average molecular weight is 169 g/mol. The first-order chi connectivity index (χ1) is 5.79. The van der Waals surface area contributed by atoms with Crippen LogP contribution in [0.3, 0.4) is 0 Å². The van der Waals surface area contributed by atoms with Crippen LogP contribution in [0.2, 0.25) is 0 Å². The minimum absolute atomic E-state index is 0.750. The predicted octanol–water partition coefficient (Wildman–Crippen LogP) is 2.81. The average Bonchev–Trinajstić information content (AvgIpc) is 1.98. The van der Waals surface area contributed by atoms with Gasteiger partial charge in [0.05, 0.1) is 0 Å². The van der Waals surface area contributed by atoms with E-state index >= 15 is 0 Å². The fourth-order valence-corrected chi connectivity index (χ4v) is 2.46. The molecule has 0 amide bonds. The van der Waals surface area contributed by atoms with Gasteiger partial charge in [-0.15, -0.1) is 0 Å². The summed E-state index contributed by atoms with van der Waals surface area (Å²) in [4.78, 5) is 0. The Morgan fingerprint density at radius 3 is 2.50 bits per heavy atom. The van der Waals surface area contributed by atoms with Crippen LogP contribution in [0.15, 0.2) is 0 Å². The second-order valence-electron chi connectivity index (χ2n) is 4.14. The van der Waals surface area contributed by atoms with Gasteiger partial charge < -0.3 is 5.32 Å². The van der Waals surface area contributed by atoms with Gasteiger partial charge in [0, 0.05) is 6.04 Å². The fourth-order valence-electron chi connectivity index (χ4n) is 2.46. The first-order valence-corrected chi connectivity index (χ1v) is 5.53. The lowest BCUT2D eigenvalue weighted by Crippen LogP contribution is -2.42. The third-order valence-electron chi connectivity index (χ3n) is 3.30. The van der Waals surface area contributed by atoms with Gasteiger partial charge in [0.1, 0.15) is 0 Å². The molecular formula is C11H23N. The van der Waals surface area contributed by atoms with Gasteiger partial charge in [0.25, 0.3) is 0 Å². The molecule has 3 atom stereocenters. The van der Waals surface area contributed by atoms with Gasteiger partial charge in [-0.3, -0.25) is 0 Å². The molecule has 1 heteroatoms. The zero-order chi connectivity index (χ0) is 8.97. The van der Waals surface area contributed by atoms with Crippen LogP contribution in [0.1, 0.15) is 46.5 Å². The van der Waals surface area contributed by atoms with Crippen molar-refractivity contribution in [3.8, 4) is 0 Å². The van der Waals surface area contributed by atoms with Gasteiger partial charge in [-0.05, 0) is 38.1 Å². The summed E-state index contributed by atoms with van der Waals surface area (Å²) in [6.45, 7) is 7.96. The molecule has 0 spiro atoms. The Morgan fingerprint density at radius 1 is 1.33 bits per heavy atom. The molecule has 3 unspecified atom stereocenters. The van der Waals surface area contributed by atoms with Crippen LogP contribution < -0.4 is 5.32 Å². The number of nitrogens with one attached hydrogen (secondary N) is 1. The normalized spacial score (nSPS) is 31.2. The highest BCUT2D eigenvalue weighted by Crippen LogP contribution is 2.39. The second-order valence-corrected chi connectivity index (χ2v) is 4.14. The zero-order valence-electron chi connectivity index (χ0n) is 8.77. The summed E-state index contributed by atoms with van der Waals surface area (Å²) in [5.74, 6) is 2.01. The lowest BCUT2D eigenvalue weighted by atomic mass is 9.68. The van der Waals surface area contributed by atoms with E-state index in [9.17, 15) is 0 Å². The molecule has 0 heterocycles. The Labute approximate surface area is 76.9 Å². The third kappa shape index (κ3) is 2.22. The Balaban J connectivity index is 2.22. The fraction of sp³-hybridized carbons (Fsp3) is 1.00. The molecule has 1 fully saturated rings. The van der Waals surface area contributed by atoms with Gasteiger partial charge in [-0.2, -0.15) is 0 Å². The quantitative estimate of drug-likeness (QED) is 0.667. The minimum atomic E-state index is 0.750. The molecule has 0 aromatic rings. The van der Waals surface area contributed by atoms with E-state index < -0.39 is 0 Å². The molecule has 0 aromatic carbocycles. The lowest BCUT2D eigenvalue weighted by molar-refractivity contribution is 0.123.